The van der Waals surface area contributed by atoms with Gasteiger partial charge < -0.3 is 15.0 Å². The largest absolute Gasteiger partial charge is 0.376 e. The van der Waals surface area contributed by atoms with Gasteiger partial charge in [0.1, 0.15) is 6.17 Å². The second-order valence-electron chi connectivity index (χ2n) is 7.39. The van der Waals surface area contributed by atoms with Crippen LogP contribution in [0, 0.1) is 0 Å². The molecule has 1 fully saturated rings. The Bertz CT molecular complexity index is 1030. The van der Waals surface area contributed by atoms with Crippen molar-refractivity contribution in [2.24, 2.45) is 0 Å². The van der Waals surface area contributed by atoms with Crippen molar-refractivity contribution in [2.45, 2.75) is 25.1 Å². The Hall–Kier alpha value is -2.83. The van der Waals surface area contributed by atoms with Crippen molar-refractivity contribution in [3.63, 3.8) is 0 Å². The number of benzene rings is 2. The molecule has 2 aliphatic heterocycles. The molecule has 2 N–H and O–H groups in total. The molecule has 3 aromatic rings. The van der Waals surface area contributed by atoms with E-state index in [1.165, 1.54) is 0 Å². The first kappa shape index (κ1) is 18.2. The average molecular weight is 409 g/mol. The Kier molecular flexibility index (Phi) is 4.73. The first-order valence-electron chi connectivity index (χ1n) is 9.78. The van der Waals surface area contributed by atoms with Gasteiger partial charge in [0.15, 0.2) is 0 Å². The fourth-order valence-electron chi connectivity index (χ4n) is 4.08. The third-order valence-electron chi connectivity index (χ3n) is 5.54. The smallest absolute Gasteiger partial charge is 0.257 e. The molecule has 0 bridgehead atoms. The van der Waals surface area contributed by atoms with E-state index in [2.05, 4.69) is 15.5 Å². The number of nitrogens with one attached hydrogen (secondary N) is 2. The van der Waals surface area contributed by atoms with Gasteiger partial charge in [0, 0.05) is 35.0 Å². The standard InChI is InChI=1S/C22H21ClN4O2/c23-15-9-7-14(8-10-15)20-18(12-24-26-20)21-25-19-6-2-1-5-17(19)22(28)27(21)13-16-4-3-11-29-16/h1-2,5-10,12,16,21,25H,3-4,11,13H2,(H,24,26)/t16-,21+/m1/s1. The molecule has 0 radical (unpaired) electrons. The lowest BCUT2D eigenvalue weighted by molar-refractivity contribution is 0.0427. The minimum atomic E-state index is -0.342. The zero-order valence-corrected chi connectivity index (χ0v) is 16.5. The molecular formula is C22H21ClN4O2. The Morgan fingerprint density at radius 2 is 2.00 bits per heavy atom. The second kappa shape index (κ2) is 7.54. The second-order valence-corrected chi connectivity index (χ2v) is 7.83. The summed E-state index contributed by atoms with van der Waals surface area (Å²) in [7, 11) is 0. The van der Waals surface area contributed by atoms with Crippen molar-refractivity contribution in [1.82, 2.24) is 15.1 Å². The van der Waals surface area contributed by atoms with Crippen molar-refractivity contribution in [3.8, 4) is 11.3 Å². The third-order valence-corrected chi connectivity index (χ3v) is 5.79. The van der Waals surface area contributed by atoms with Crippen LogP contribution in [-0.2, 0) is 4.74 Å². The number of carbonyl (C=O) groups is 1. The first-order valence-corrected chi connectivity index (χ1v) is 10.2. The number of aromatic nitrogens is 2. The van der Waals surface area contributed by atoms with Crippen molar-refractivity contribution >= 4 is 23.2 Å². The molecule has 7 heteroatoms. The molecule has 3 heterocycles. The van der Waals surface area contributed by atoms with Gasteiger partial charge >= 0.3 is 0 Å². The number of fused-ring (bicyclic) bond motifs is 1. The number of amides is 1. The summed E-state index contributed by atoms with van der Waals surface area (Å²) in [4.78, 5) is 15.2. The predicted octanol–water partition coefficient (Wildman–Crippen LogP) is 4.48. The van der Waals surface area contributed by atoms with Gasteiger partial charge in [-0.2, -0.15) is 5.10 Å². The van der Waals surface area contributed by atoms with Crippen LogP contribution in [-0.4, -0.2) is 40.3 Å². The summed E-state index contributed by atoms with van der Waals surface area (Å²) in [6.45, 7) is 1.29. The van der Waals surface area contributed by atoms with E-state index in [0.717, 1.165) is 42.0 Å². The molecule has 0 unspecified atom stereocenters. The molecule has 29 heavy (non-hydrogen) atoms. The zero-order chi connectivity index (χ0) is 19.8. The maximum atomic E-state index is 13.4. The molecule has 0 aliphatic carbocycles. The van der Waals surface area contributed by atoms with E-state index in [1.54, 1.807) is 6.20 Å². The van der Waals surface area contributed by atoms with Gasteiger partial charge in [-0.15, -0.1) is 0 Å². The van der Waals surface area contributed by atoms with Crippen LogP contribution in [0.25, 0.3) is 11.3 Å². The number of para-hydroxylation sites is 1. The van der Waals surface area contributed by atoms with Crippen molar-refractivity contribution in [3.05, 3.63) is 70.9 Å². The molecule has 1 aromatic heterocycles. The van der Waals surface area contributed by atoms with Crippen LogP contribution in [0.4, 0.5) is 5.69 Å². The Balaban J connectivity index is 1.56. The number of anilines is 1. The summed E-state index contributed by atoms with van der Waals surface area (Å²) in [6, 6.07) is 15.2. The van der Waals surface area contributed by atoms with Crippen LogP contribution in [0.1, 0.15) is 34.9 Å². The van der Waals surface area contributed by atoms with Gasteiger partial charge in [0.2, 0.25) is 0 Å². The average Bonchev–Trinajstić information content (AvgIpc) is 3.43. The van der Waals surface area contributed by atoms with Crippen molar-refractivity contribution in [2.75, 3.05) is 18.5 Å². The quantitative estimate of drug-likeness (QED) is 0.668. The van der Waals surface area contributed by atoms with Gasteiger partial charge in [0.05, 0.1) is 23.6 Å². The van der Waals surface area contributed by atoms with Crippen LogP contribution in [0.5, 0.6) is 0 Å². The first-order chi connectivity index (χ1) is 14.2. The highest BCUT2D eigenvalue weighted by atomic mass is 35.5. The number of aromatic amines is 1. The Labute approximate surface area is 173 Å². The highest BCUT2D eigenvalue weighted by Gasteiger charge is 2.36. The molecule has 2 atom stereocenters. The third kappa shape index (κ3) is 3.39. The van der Waals surface area contributed by atoms with Crippen LogP contribution >= 0.6 is 11.6 Å². The van der Waals surface area contributed by atoms with E-state index < -0.39 is 0 Å². The molecule has 5 rings (SSSR count). The number of hydrogen-bond donors (Lipinski definition) is 2. The van der Waals surface area contributed by atoms with E-state index in [-0.39, 0.29) is 18.2 Å². The van der Waals surface area contributed by atoms with Crippen molar-refractivity contribution < 1.29 is 9.53 Å². The van der Waals surface area contributed by atoms with Gasteiger partial charge in [-0.1, -0.05) is 35.9 Å². The van der Waals surface area contributed by atoms with E-state index in [0.29, 0.717) is 17.1 Å². The number of halogens is 1. The Morgan fingerprint density at radius 3 is 2.79 bits per heavy atom. The number of rotatable bonds is 4. The van der Waals surface area contributed by atoms with Gasteiger partial charge in [-0.25, -0.2) is 0 Å². The zero-order valence-electron chi connectivity index (χ0n) is 15.8. The maximum Gasteiger partial charge on any atom is 0.257 e. The molecule has 2 aromatic carbocycles. The molecule has 148 valence electrons. The molecule has 1 saturated heterocycles. The van der Waals surface area contributed by atoms with Crippen LogP contribution in [0.15, 0.2) is 54.7 Å². The summed E-state index contributed by atoms with van der Waals surface area (Å²) in [5.41, 5.74) is 4.25. The van der Waals surface area contributed by atoms with E-state index in [4.69, 9.17) is 16.3 Å². The SMILES string of the molecule is O=C1c2ccccc2N[C@H](c2cn[nH]c2-c2ccc(Cl)cc2)N1C[C@H]1CCCO1. The summed E-state index contributed by atoms with van der Waals surface area (Å²) in [6.07, 6.45) is 3.49. The molecule has 6 nitrogen and oxygen atoms in total. The lowest BCUT2D eigenvalue weighted by Gasteiger charge is -2.39. The summed E-state index contributed by atoms with van der Waals surface area (Å²) >= 11 is 6.05. The normalized spacial score (nSPS) is 21.1. The number of H-pyrrole nitrogens is 1. The minimum Gasteiger partial charge on any atom is -0.376 e. The van der Waals surface area contributed by atoms with Gasteiger partial charge in [0.25, 0.3) is 5.91 Å². The highest BCUT2D eigenvalue weighted by Crippen LogP contribution is 2.37. The minimum absolute atomic E-state index is 0.00288. The predicted molar refractivity (Wildman–Crippen MR) is 112 cm³/mol. The van der Waals surface area contributed by atoms with Gasteiger partial charge in [-0.3, -0.25) is 9.89 Å². The molecular weight excluding hydrogens is 388 g/mol. The lowest BCUT2D eigenvalue weighted by Crippen LogP contribution is -2.46. The maximum absolute atomic E-state index is 13.4. The topological polar surface area (TPSA) is 70.2 Å². The lowest BCUT2D eigenvalue weighted by atomic mass is 10.0. The van der Waals surface area contributed by atoms with Crippen LogP contribution < -0.4 is 5.32 Å². The highest BCUT2D eigenvalue weighted by molar-refractivity contribution is 6.30. The fourth-order valence-corrected chi connectivity index (χ4v) is 4.21. The summed E-state index contributed by atoms with van der Waals surface area (Å²) in [5.74, 6) is 0.00288. The number of carbonyl (C=O) groups excluding carboxylic acids is 1. The van der Waals surface area contributed by atoms with E-state index in [9.17, 15) is 4.79 Å². The van der Waals surface area contributed by atoms with Crippen LogP contribution in [0.3, 0.4) is 0 Å². The van der Waals surface area contributed by atoms with Gasteiger partial charge in [-0.05, 0) is 37.1 Å². The monoisotopic (exact) mass is 408 g/mol. The van der Waals surface area contributed by atoms with Crippen LogP contribution in [0.2, 0.25) is 5.02 Å². The molecule has 0 saturated carbocycles. The Morgan fingerprint density at radius 1 is 1.17 bits per heavy atom. The number of nitrogens with zero attached hydrogens (tertiary/aromatic N) is 2. The number of ether oxygens (including phenoxy) is 1. The molecule has 1 amide bonds. The molecule has 2 aliphatic rings. The molecule has 0 spiro atoms. The van der Waals surface area contributed by atoms with E-state index in [1.807, 2.05) is 53.4 Å². The fraction of sp³-hybridized carbons (Fsp3) is 0.273. The van der Waals surface area contributed by atoms with Crippen molar-refractivity contribution in [1.29, 1.82) is 0 Å². The van der Waals surface area contributed by atoms with E-state index >= 15 is 0 Å². The number of hydrogen-bond acceptors (Lipinski definition) is 4. The summed E-state index contributed by atoms with van der Waals surface area (Å²) in [5, 5.41) is 11.6. The summed E-state index contributed by atoms with van der Waals surface area (Å²) < 4.78 is 5.83.